The highest BCUT2D eigenvalue weighted by molar-refractivity contribution is 9.10. The van der Waals surface area contributed by atoms with E-state index in [1.54, 1.807) is 13.3 Å². The number of pyridine rings is 1. The van der Waals surface area contributed by atoms with Gasteiger partial charge in [0.05, 0.1) is 5.60 Å². The molecule has 1 saturated carbocycles. The van der Waals surface area contributed by atoms with Gasteiger partial charge in [0.2, 0.25) is 0 Å². The average molecular weight is 228 g/mol. The second-order valence-corrected chi connectivity index (χ2v) is 3.91. The summed E-state index contributed by atoms with van der Waals surface area (Å²) in [4.78, 5) is 4.02. The largest absolute Gasteiger partial charge is 0.373 e. The third kappa shape index (κ3) is 1.17. The van der Waals surface area contributed by atoms with Crippen LogP contribution in [-0.2, 0) is 10.3 Å². The normalized spacial score (nSPS) is 19.2. The van der Waals surface area contributed by atoms with Crippen molar-refractivity contribution in [2.45, 2.75) is 18.4 Å². The Morgan fingerprint density at radius 3 is 2.83 bits per heavy atom. The zero-order valence-electron chi connectivity index (χ0n) is 6.88. The molecule has 12 heavy (non-hydrogen) atoms. The van der Waals surface area contributed by atoms with Crippen LogP contribution in [0.2, 0.25) is 0 Å². The van der Waals surface area contributed by atoms with Gasteiger partial charge >= 0.3 is 0 Å². The Labute approximate surface area is 80.1 Å². The van der Waals surface area contributed by atoms with Crippen LogP contribution in [0.4, 0.5) is 0 Å². The van der Waals surface area contributed by atoms with Gasteiger partial charge in [-0.1, -0.05) is 0 Å². The van der Waals surface area contributed by atoms with Gasteiger partial charge < -0.3 is 4.74 Å². The monoisotopic (exact) mass is 227 g/mol. The van der Waals surface area contributed by atoms with E-state index >= 15 is 0 Å². The molecule has 1 aliphatic rings. The summed E-state index contributed by atoms with van der Waals surface area (Å²) >= 11 is 3.47. The molecule has 2 nitrogen and oxygen atoms in total. The fraction of sp³-hybridized carbons (Fsp3) is 0.444. The highest BCUT2D eigenvalue weighted by Crippen LogP contribution is 2.50. The van der Waals surface area contributed by atoms with E-state index in [0.29, 0.717) is 0 Å². The number of aromatic nitrogens is 1. The van der Waals surface area contributed by atoms with Crippen LogP contribution in [0.1, 0.15) is 18.4 Å². The molecule has 0 aliphatic heterocycles. The first kappa shape index (κ1) is 8.20. The molecule has 1 aliphatic carbocycles. The highest BCUT2D eigenvalue weighted by atomic mass is 79.9. The van der Waals surface area contributed by atoms with Crippen molar-refractivity contribution in [1.29, 1.82) is 0 Å². The molecule has 0 aromatic carbocycles. The molecule has 0 spiro atoms. The Morgan fingerprint density at radius 2 is 2.33 bits per heavy atom. The first-order valence-corrected chi connectivity index (χ1v) is 4.73. The van der Waals surface area contributed by atoms with Gasteiger partial charge in [-0.3, -0.25) is 4.98 Å². The lowest BCUT2D eigenvalue weighted by atomic mass is 10.1. The number of halogens is 1. The Hall–Kier alpha value is -0.410. The van der Waals surface area contributed by atoms with Crippen LogP contribution in [0.5, 0.6) is 0 Å². The lowest BCUT2D eigenvalue weighted by molar-refractivity contribution is 0.0782. The van der Waals surface area contributed by atoms with Crippen LogP contribution in [-0.4, -0.2) is 12.1 Å². The average Bonchev–Trinajstić information content (AvgIpc) is 2.86. The van der Waals surface area contributed by atoms with Crippen molar-refractivity contribution < 1.29 is 4.74 Å². The minimum atomic E-state index is -0.0121. The predicted octanol–water partition coefficient (Wildman–Crippen LogP) is 2.48. The van der Waals surface area contributed by atoms with E-state index in [1.807, 2.05) is 12.3 Å². The van der Waals surface area contributed by atoms with Gasteiger partial charge in [0.25, 0.3) is 0 Å². The fourth-order valence-corrected chi connectivity index (χ4v) is 2.05. The highest BCUT2D eigenvalue weighted by Gasteiger charge is 2.45. The lowest BCUT2D eigenvalue weighted by Gasteiger charge is -2.14. The zero-order chi connectivity index (χ0) is 8.60. The summed E-state index contributed by atoms with van der Waals surface area (Å²) in [7, 11) is 1.76. The van der Waals surface area contributed by atoms with Crippen LogP contribution < -0.4 is 0 Å². The molecule has 0 atom stereocenters. The van der Waals surface area contributed by atoms with Crippen molar-refractivity contribution in [3.63, 3.8) is 0 Å². The Bertz CT molecular complexity index is 296. The van der Waals surface area contributed by atoms with Crippen molar-refractivity contribution in [3.8, 4) is 0 Å². The van der Waals surface area contributed by atoms with Gasteiger partial charge in [-0.05, 0) is 34.8 Å². The Morgan fingerprint density at radius 1 is 1.58 bits per heavy atom. The summed E-state index contributed by atoms with van der Waals surface area (Å²) in [6.07, 6.45) is 5.85. The molecule has 0 radical (unpaired) electrons. The molecule has 0 bridgehead atoms. The maximum Gasteiger partial charge on any atom is 0.0941 e. The molecule has 0 amide bonds. The minimum Gasteiger partial charge on any atom is -0.373 e. The molecule has 1 heterocycles. The van der Waals surface area contributed by atoms with Gasteiger partial charge in [0, 0.05) is 29.5 Å². The molecule has 1 fully saturated rings. The van der Waals surface area contributed by atoms with Crippen LogP contribution in [0.15, 0.2) is 22.9 Å². The molecule has 3 heteroatoms. The van der Waals surface area contributed by atoms with Crippen LogP contribution >= 0.6 is 15.9 Å². The van der Waals surface area contributed by atoms with E-state index in [-0.39, 0.29) is 5.60 Å². The summed E-state index contributed by atoms with van der Waals surface area (Å²) in [5, 5.41) is 0. The predicted molar refractivity (Wildman–Crippen MR) is 49.9 cm³/mol. The van der Waals surface area contributed by atoms with Crippen molar-refractivity contribution in [2.75, 3.05) is 7.11 Å². The molecule has 64 valence electrons. The number of ether oxygens (including phenoxy) is 1. The number of hydrogen-bond donors (Lipinski definition) is 0. The second-order valence-electron chi connectivity index (χ2n) is 3.05. The molecule has 0 unspecified atom stereocenters. The first-order chi connectivity index (χ1) is 5.78. The summed E-state index contributed by atoms with van der Waals surface area (Å²) in [5.74, 6) is 0. The Balaban J connectivity index is 2.40. The molecule has 0 N–H and O–H groups in total. The topological polar surface area (TPSA) is 22.1 Å². The maximum absolute atomic E-state index is 5.46. The fourth-order valence-electron chi connectivity index (χ4n) is 1.44. The van der Waals surface area contributed by atoms with E-state index in [0.717, 1.165) is 17.3 Å². The van der Waals surface area contributed by atoms with E-state index in [2.05, 4.69) is 20.9 Å². The van der Waals surface area contributed by atoms with Gasteiger partial charge in [-0.25, -0.2) is 0 Å². The van der Waals surface area contributed by atoms with Crippen LogP contribution in [0, 0.1) is 0 Å². The van der Waals surface area contributed by atoms with Crippen LogP contribution in [0.3, 0.4) is 0 Å². The van der Waals surface area contributed by atoms with E-state index in [4.69, 9.17) is 4.74 Å². The summed E-state index contributed by atoms with van der Waals surface area (Å²) in [6, 6.07) is 2.01. The van der Waals surface area contributed by atoms with Crippen molar-refractivity contribution in [2.24, 2.45) is 0 Å². The lowest BCUT2D eigenvalue weighted by Crippen LogP contribution is -2.09. The molecular weight excluding hydrogens is 218 g/mol. The summed E-state index contributed by atoms with van der Waals surface area (Å²) in [6.45, 7) is 0. The first-order valence-electron chi connectivity index (χ1n) is 3.94. The van der Waals surface area contributed by atoms with Crippen molar-refractivity contribution in [3.05, 3.63) is 28.5 Å². The smallest absolute Gasteiger partial charge is 0.0941 e. The molecular formula is C9H10BrNO. The van der Waals surface area contributed by atoms with E-state index in [1.165, 1.54) is 5.56 Å². The third-order valence-corrected chi connectivity index (χ3v) is 2.99. The molecule has 2 rings (SSSR count). The third-order valence-electron chi connectivity index (χ3n) is 2.36. The van der Waals surface area contributed by atoms with Crippen LogP contribution in [0.25, 0.3) is 0 Å². The number of methoxy groups -OCH3 is 1. The summed E-state index contributed by atoms with van der Waals surface area (Å²) in [5.41, 5.74) is 1.21. The van der Waals surface area contributed by atoms with E-state index < -0.39 is 0 Å². The molecule has 1 aromatic rings. The quantitative estimate of drug-likeness (QED) is 0.775. The maximum atomic E-state index is 5.46. The van der Waals surface area contributed by atoms with E-state index in [9.17, 15) is 0 Å². The minimum absolute atomic E-state index is 0.0121. The van der Waals surface area contributed by atoms with Gasteiger partial charge in [0.15, 0.2) is 0 Å². The van der Waals surface area contributed by atoms with Gasteiger partial charge in [-0.2, -0.15) is 0 Å². The zero-order valence-corrected chi connectivity index (χ0v) is 8.47. The Kier molecular flexibility index (Phi) is 1.93. The van der Waals surface area contributed by atoms with Gasteiger partial charge in [-0.15, -0.1) is 0 Å². The number of hydrogen-bond acceptors (Lipinski definition) is 2. The van der Waals surface area contributed by atoms with Gasteiger partial charge in [0.1, 0.15) is 0 Å². The number of nitrogens with zero attached hydrogens (tertiary/aromatic N) is 1. The standard InChI is InChI=1S/C9H10BrNO/c1-12-9(3-4-9)7-2-5-11-6-8(7)10/h2,5-6H,3-4H2,1H3. The van der Waals surface area contributed by atoms with Crippen molar-refractivity contribution in [1.82, 2.24) is 4.98 Å². The molecule has 0 saturated heterocycles. The molecule has 1 aromatic heterocycles. The van der Waals surface area contributed by atoms with Crippen molar-refractivity contribution >= 4 is 15.9 Å². The summed E-state index contributed by atoms with van der Waals surface area (Å²) < 4.78 is 6.50. The SMILES string of the molecule is COC1(c2ccncc2Br)CC1. The number of rotatable bonds is 2. The second kappa shape index (κ2) is 2.82.